The van der Waals surface area contributed by atoms with Crippen molar-refractivity contribution >= 4 is 30.7 Å². The Labute approximate surface area is 160 Å². The molecule has 0 saturated heterocycles. The molecule has 0 unspecified atom stereocenters. The molecule has 146 valence electrons. The smallest absolute Gasteiger partial charge is 0.349 e. The highest BCUT2D eigenvalue weighted by Gasteiger charge is 2.30. The van der Waals surface area contributed by atoms with Gasteiger partial charge in [-0.3, -0.25) is 4.79 Å². The predicted octanol–water partition coefficient (Wildman–Crippen LogP) is 2.25. The maximum Gasteiger partial charge on any atom is 0.417 e. The van der Waals surface area contributed by atoms with Crippen molar-refractivity contribution in [2.24, 2.45) is 0 Å². The summed E-state index contributed by atoms with van der Waals surface area (Å²) in [6.07, 6.45) is -1.44. The molecule has 2 rings (SSSR count). The molecule has 0 spiro atoms. The zero-order valence-corrected chi connectivity index (χ0v) is 15.4. The molecule has 0 fully saturated rings. The molecule has 0 saturated carbocycles. The number of hydrogen-bond acceptors (Lipinski definition) is 5. The molecule has 2 aromatic heterocycles. The van der Waals surface area contributed by atoms with Crippen LogP contribution in [0.1, 0.15) is 29.4 Å². The van der Waals surface area contributed by atoms with Crippen LogP contribution in [0.25, 0.3) is 5.82 Å². The number of rotatable bonds is 7. The number of aromatic nitrogens is 4. The molecule has 12 heteroatoms. The minimum Gasteiger partial charge on any atom is -0.349 e. The maximum absolute atomic E-state index is 12.5. The van der Waals surface area contributed by atoms with Crippen molar-refractivity contribution in [2.75, 3.05) is 19.6 Å². The average molecular weight is 415 g/mol. The third-order valence-corrected chi connectivity index (χ3v) is 3.05. The lowest BCUT2D eigenvalue weighted by Gasteiger charge is -2.06. The van der Waals surface area contributed by atoms with Gasteiger partial charge < -0.3 is 10.6 Å². The third-order valence-electron chi connectivity index (χ3n) is 3.05. The van der Waals surface area contributed by atoms with E-state index >= 15 is 0 Å². The highest BCUT2D eigenvalue weighted by atomic mass is 35.5. The first-order chi connectivity index (χ1) is 11.4. The van der Waals surface area contributed by atoms with E-state index in [9.17, 15) is 18.0 Å². The molecule has 2 heterocycles. The Kier molecular flexibility index (Phi) is 10.1. The van der Waals surface area contributed by atoms with E-state index in [1.165, 1.54) is 6.20 Å². The molecule has 0 bridgehead atoms. The quantitative estimate of drug-likeness (QED) is 0.678. The van der Waals surface area contributed by atoms with Crippen LogP contribution in [0.4, 0.5) is 13.2 Å². The van der Waals surface area contributed by atoms with Crippen LogP contribution in [-0.2, 0) is 6.18 Å². The van der Waals surface area contributed by atoms with Crippen molar-refractivity contribution in [1.29, 1.82) is 0 Å². The van der Waals surface area contributed by atoms with Crippen LogP contribution in [0.2, 0.25) is 0 Å². The average Bonchev–Trinajstić information content (AvgIpc) is 3.04. The number of amides is 1. The molecule has 0 atom stereocenters. The van der Waals surface area contributed by atoms with E-state index in [1.54, 1.807) is 0 Å². The molecular formula is C14H19Cl2F3N6O. The number of pyridine rings is 1. The second-order valence-corrected chi connectivity index (χ2v) is 4.96. The van der Waals surface area contributed by atoms with Gasteiger partial charge >= 0.3 is 6.18 Å². The molecule has 0 aliphatic rings. The second kappa shape index (κ2) is 10.9. The fourth-order valence-electron chi connectivity index (χ4n) is 1.83. The summed E-state index contributed by atoms with van der Waals surface area (Å²) < 4.78 is 38.6. The van der Waals surface area contributed by atoms with Crippen LogP contribution in [0.3, 0.4) is 0 Å². The Balaban J connectivity index is 0.00000312. The molecule has 0 aromatic carbocycles. The molecule has 0 aliphatic carbocycles. The molecular weight excluding hydrogens is 396 g/mol. The van der Waals surface area contributed by atoms with E-state index in [-0.39, 0.29) is 36.3 Å². The summed E-state index contributed by atoms with van der Waals surface area (Å²) in [5.74, 6) is -0.273. The Hall–Kier alpha value is -1.91. The van der Waals surface area contributed by atoms with Crippen molar-refractivity contribution in [3.05, 3.63) is 35.8 Å². The Morgan fingerprint density at radius 2 is 1.92 bits per heavy atom. The van der Waals surface area contributed by atoms with E-state index in [0.717, 1.165) is 29.8 Å². The summed E-state index contributed by atoms with van der Waals surface area (Å²) in [6, 6.07) is 2.05. The summed E-state index contributed by atoms with van der Waals surface area (Å²) >= 11 is 0. The Bertz CT molecular complexity index is 678. The van der Waals surface area contributed by atoms with Crippen LogP contribution in [-0.4, -0.2) is 45.5 Å². The maximum atomic E-state index is 12.5. The van der Waals surface area contributed by atoms with Gasteiger partial charge in [0.25, 0.3) is 5.91 Å². The third kappa shape index (κ3) is 6.77. The van der Waals surface area contributed by atoms with Crippen molar-refractivity contribution < 1.29 is 18.0 Å². The molecule has 0 aliphatic heterocycles. The van der Waals surface area contributed by atoms with E-state index in [1.807, 2.05) is 6.92 Å². The number of carbonyl (C=O) groups is 1. The zero-order valence-electron chi connectivity index (χ0n) is 13.8. The van der Waals surface area contributed by atoms with Gasteiger partial charge in [0, 0.05) is 19.3 Å². The summed E-state index contributed by atoms with van der Waals surface area (Å²) in [7, 11) is 0. The van der Waals surface area contributed by atoms with Crippen LogP contribution < -0.4 is 10.6 Å². The van der Waals surface area contributed by atoms with Gasteiger partial charge in [0.15, 0.2) is 11.5 Å². The lowest BCUT2D eigenvalue weighted by molar-refractivity contribution is -0.137. The summed E-state index contributed by atoms with van der Waals surface area (Å²) in [6.45, 7) is 3.98. The van der Waals surface area contributed by atoms with Crippen LogP contribution >= 0.6 is 24.8 Å². The molecule has 2 aromatic rings. The first-order valence-electron chi connectivity index (χ1n) is 7.36. The van der Waals surface area contributed by atoms with Gasteiger partial charge in [-0.1, -0.05) is 12.1 Å². The number of nitrogens with one attached hydrogen (secondary N) is 2. The Morgan fingerprint density at radius 3 is 2.50 bits per heavy atom. The van der Waals surface area contributed by atoms with E-state index in [0.29, 0.717) is 19.3 Å². The highest BCUT2D eigenvalue weighted by Crippen LogP contribution is 2.28. The topological polar surface area (TPSA) is 84.7 Å². The number of alkyl halides is 3. The van der Waals surface area contributed by atoms with Gasteiger partial charge in [0.2, 0.25) is 0 Å². The predicted molar refractivity (Wildman–Crippen MR) is 94.1 cm³/mol. The van der Waals surface area contributed by atoms with Crippen molar-refractivity contribution in [3.63, 3.8) is 0 Å². The van der Waals surface area contributed by atoms with E-state index in [2.05, 4.69) is 25.9 Å². The molecule has 7 nitrogen and oxygen atoms in total. The summed E-state index contributed by atoms with van der Waals surface area (Å²) in [5, 5.41) is 13.2. The SMILES string of the molecule is CCCNCCNC(=O)c1cn(-c2ccc(C(F)(F)F)cn2)nn1.Cl.Cl. The molecule has 1 amide bonds. The van der Waals surface area contributed by atoms with Crippen molar-refractivity contribution in [3.8, 4) is 5.82 Å². The fourth-order valence-corrected chi connectivity index (χ4v) is 1.83. The number of carbonyl (C=O) groups excluding carboxylic acids is 1. The number of halogens is 5. The van der Waals surface area contributed by atoms with E-state index < -0.39 is 17.6 Å². The normalized spacial score (nSPS) is 10.6. The number of hydrogen-bond donors (Lipinski definition) is 2. The molecule has 2 N–H and O–H groups in total. The van der Waals surface area contributed by atoms with Gasteiger partial charge in [-0.2, -0.15) is 13.2 Å². The second-order valence-electron chi connectivity index (χ2n) is 4.96. The lowest BCUT2D eigenvalue weighted by atomic mass is 10.3. The molecule has 0 radical (unpaired) electrons. The standard InChI is InChI=1S/C14H17F3N6O.2ClH/c1-2-5-18-6-7-19-13(24)11-9-23(22-21-11)12-4-3-10(8-20-12)14(15,16)17;;/h3-4,8-9,18H,2,5-7H2,1H3,(H,19,24);2*1H. The first-order valence-corrected chi connectivity index (χ1v) is 7.36. The summed E-state index contributed by atoms with van der Waals surface area (Å²) in [5.41, 5.74) is -0.795. The van der Waals surface area contributed by atoms with Crippen LogP contribution in [0, 0.1) is 0 Å². The largest absolute Gasteiger partial charge is 0.417 e. The molecule has 26 heavy (non-hydrogen) atoms. The highest BCUT2D eigenvalue weighted by molar-refractivity contribution is 5.91. The first kappa shape index (κ1) is 24.1. The van der Waals surface area contributed by atoms with Crippen molar-refractivity contribution in [2.45, 2.75) is 19.5 Å². The van der Waals surface area contributed by atoms with Gasteiger partial charge in [0.1, 0.15) is 0 Å². The van der Waals surface area contributed by atoms with Gasteiger partial charge in [0.05, 0.1) is 11.8 Å². The monoisotopic (exact) mass is 414 g/mol. The fraction of sp³-hybridized carbons (Fsp3) is 0.429. The van der Waals surface area contributed by atoms with Crippen LogP contribution in [0.5, 0.6) is 0 Å². The summed E-state index contributed by atoms with van der Waals surface area (Å²) in [4.78, 5) is 15.6. The van der Waals surface area contributed by atoms with Gasteiger partial charge in [-0.15, -0.1) is 29.9 Å². The van der Waals surface area contributed by atoms with E-state index in [4.69, 9.17) is 0 Å². The minimum absolute atomic E-state index is 0. The Morgan fingerprint density at radius 1 is 1.19 bits per heavy atom. The van der Waals surface area contributed by atoms with Crippen molar-refractivity contribution in [1.82, 2.24) is 30.6 Å². The minimum atomic E-state index is -4.45. The number of nitrogens with zero attached hydrogens (tertiary/aromatic N) is 4. The van der Waals surface area contributed by atoms with Gasteiger partial charge in [-0.05, 0) is 25.1 Å². The van der Waals surface area contributed by atoms with Gasteiger partial charge in [-0.25, -0.2) is 9.67 Å². The van der Waals surface area contributed by atoms with Crippen LogP contribution in [0.15, 0.2) is 24.5 Å². The lowest BCUT2D eigenvalue weighted by Crippen LogP contribution is -2.32. The zero-order chi connectivity index (χ0) is 17.6.